The summed E-state index contributed by atoms with van der Waals surface area (Å²) in [5.41, 5.74) is -1.14. The molecule has 4 N–H and O–H groups in total. The minimum Gasteiger partial charge on any atom is -0.397 e. The molecule has 0 amide bonds. The molecule has 0 bridgehead atoms. The highest BCUT2D eigenvalue weighted by Gasteiger charge is 2.30. The number of aliphatic hydroxyl groups excluding tert-OH is 2. The Morgan fingerprint density at radius 2 is 0.310 bits per heavy atom. The third kappa shape index (κ3) is 189. The van der Waals surface area contributed by atoms with Gasteiger partial charge < -0.3 is 20.4 Å². The Morgan fingerprint density at radius 1 is 0.286 bits per heavy atom. The van der Waals surface area contributed by atoms with Crippen molar-refractivity contribution in [2.45, 2.75) is 233 Å². The zero-order valence-electron chi connectivity index (χ0n) is 37.2. The van der Waals surface area contributed by atoms with E-state index in [4.69, 9.17) is 10.2 Å². The fourth-order valence-corrected chi connectivity index (χ4v) is 0. The van der Waals surface area contributed by atoms with E-state index in [0.717, 1.165) is 0 Å². The van der Waals surface area contributed by atoms with E-state index in [1.165, 1.54) is 0 Å². The second-order valence-electron chi connectivity index (χ2n) is 8.25. The van der Waals surface area contributed by atoms with Gasteiger partial charge in [-0.3, -0.25) is 0 Å². The van der Waals surface area contributed by atoms with Crippen LogP contribution in [0.25, 0.3) is 0 Å². The van der Waals surface area contributed by atoms with Crippen LogP contribution in [0.1, 0.15) is 222 Å². The number of aliphatic hydroxyl groups is 4. The quantitative estimate of drug-likeness (QED) is 0.216. The van der Waals surface area contributed by atoms with Crippen LogP contribution in [0.15, 0.2) is 0 Å². The summed E-state index contributed by atoms with van der Waals surface area (Å²) in [7, 11) is 0. The first-order valence-corrected chi connectivity index (χ1v) is 18.0. The van der Waals surface area contributed by atoms with Crippen LogP contribution >= 0.6 is 0 Å². The van der Waals surface area contributed by atoms with E-state index in [2.05, 4.69) is 0 Å². The minimum atomic E-state index is -0.562. The molecule has 0 heterocycles. The van der Waals surface area contributed by atoms with Crippen LogP contribution in [-0.2, 0) is 0 Å². The summed E-state index contributed by atoms with van der Waals surface area (Å²) in [6, 6.07) is 0. The molecule has 4 heteroatoms. The Hall–Kier alpha value is -0.160. The fourth-order valence-electron chi connectivity index (χ4n) is 0. The molecule has 0 unspecified atom stereocenters. The summed E-state index contributed by atoms with van der Waals surface area (Å²) in [6.45, 7) is 63.3. The van der Waals surface area contributed by atoms with Gasteiger partial charge in [0, 0.05) is 13.2 Å². The zero-order valence-corrected chi connectivity index (χ0v) is 37.2. The van der Waals surface area contributed by atoms with Gasteiger partial charge in [0.15, 0.2) is 0 Å². The van der Waals surface area contributed by atoms with Crippen molar-refractivity contribution in [3.8, 4) is 0 Å². The molecular weight excluding hydrogens is 520 g/mol. The standard InChI is InChI=1S/2C7H16O.2C2H6O.10C2H6/c2*1-6(2,3)7(4,5)8;2*1-2-3;10*1-2/h2*8H,1-5H3;2*3H,2H2,1H3;10*1-2H3. The van der Waals surface area contributed by atoms with E-state index < -0.39 is 11.2 Å². The summed E-state index contributed by atoms with van der Waals surface area (Å²) >= 11 is 0. The van der Waals surface area contributed by atoms with Crippen molar-refractivity contribution in [1.29, 1.82) is 0 Å². The van der Waals surface area contributed by atoms with Gasteiger partial charge in [-0.25, -0.2) is 0 Å². The maximum absolute atomic E-state index is 9.35. The first kappa shape index (κ1) is 90.0. The Balaban J connectivity index is -0.0000000178. The molecule has 0 rings (SSSR count). The monoisotopic (exact) mass is 625 g/mol. The summed E-state index contributed by atoms with van der Waals surface area (Å²) in [5.74, 6) is 0. The average molecular weight is 625 g/mol. The molecule has 280 valence electrons. The second-order valence-corrected chi connectivity index (χ2v) is 8.25. The molecule has 0 fully saturated rings. The summed E-state index contributed by atoms with van der Waals surface area (Å²) in [4.78, 5) is 0. The summed E-state index contributed by atoms with van der Waals surface area (Å²) in [5, 5.41) is 33.8. The minimum absolute atomic E-state index is 0.00694. The van der Waals surface area contributed by atoms with Crippen LogP contribution in [0.3, 0.4) is 0 Å². The third-order valence-electron chi connectivity index (χ3n) is 3.67. The highest BCUT2D eigenvalue weighted by Crippen LogP contribution is 2.29. The molecule has 0 aromatic carbocycles. The first-order chi connectivity index (χ1) is 19.3. The SMILES string of the molecule is CC.CC.CC.CC.CC.CC.CC.CC.CC.CC.CC(C)(C)C(C)(C)O.CC(C)(C)C(C)(C)O.CCO.CCO. The lowest BCUT2D eigenvalue weighted by Crippen LogP contribution is -2.35. The van der Waals surface area contributed by atoms with Gasteiger partial charge in [0.2, 0.25) is 0 Å². The van der Waals surface area contributed by atoms with Crippen LogP contribution in [0.4, 0.5) is 0 Å². The summed E-state index contributed by atoms with van der Waals surface area (Å²) in [6.07, 6.45) is 0. The highest BCUT2D eigenvalue weighted by molar-refractivity contribution is 4.81. The highest BCUT2D eigenvalue weighted by atomic mass is 16.3. The van der Waals surface area contributed by atoms with E-state index in [-0.39, 0.29) is 24.0 Å². The van der Waals surface area contributed by atoms with Crippen molar-refractivity contribution in [2.24, 2.45) is 10.8 Å². The zero-order chi connectivity index (χ0) is 39.4. The van der Waals surface area contributed by atoms with Crippen LogP contribution in [0.2, 0.25) is 0 Å². The van der Waals surface area contributed by atoms with Crippen LogP contribution < -0.4 is 0 Å². The lowest BCUT2D eigenvalue weighted by atomic mass is 9.79. The molecule has 0 aliphatic rings. The van der Waals surface area contributed by atoms with Crippen molar-refractivity contribution in [1.82, 2.24) is 0 Å². The Kier molecular flexibility index (Phi) is 208. The molecule has 0 aromatic rings. The Labute approximate surface area is 276 Å². The molecule has 0 saturated heterocycles. The average Bonchev–Trinajstić information content (AvgIpc) is 2.99. The largest absolute Gasteiger partial charge is 0.397 e. The predicted molar refractivity (Wildman–Crippen MR) is 211 cm³/mol. The van der Waals surface area contributed by atoms with E-state index in [1.54, 1.807) is 13.8 Å². The van der Waals surface area contributed by atoms with Crippen molar-refractivity contribution in [3.05, 3.63) is 0 Å². The maximum Gasteiger partial charge on any atom is 0.0639 e. The molecule has 0 aliphatic carbocycles. The van der Waals surface area contributed by atoms with Gasteiger partial charge in [-0.15, -0.1) is 0 Å². The van der Waals surface area contributed by atoms with Crippen LogP contribution in [-0.4, -0.2) is 44.8 Å². The molecule has 42 heavy (non-hydrogen) atoms. The fraction of sp³-hybridized carbons (Fsp3) is 1.00. The molecule has 0 aliphatic heterocycles. The molecule has 0 atom stereocenters. The van der Waals surface area contributed by atoms with Gasteiger partial charge in [-0.1, -0.05) is 180 Å². The molecule has 0 aromatic heterocycles. The third-order valence-corrected chi connectivity index (χ3v) is 3.67. The molecule has 4 nitrogen and oxygen atoms in total. The lowest BCUT2D eigenvalue weighted by molar-refractivity contribution is -0.0240. The van der Waals surface area contributed by atoms with Crippen molar-refractivity contribution in [3.63, 3.8) is 0 Å². The topological polar surface area (TPSA) is 80.9 Å². The van der Waals surface area contributed by atoms with Crippen molar-refractivity contribution >= 4 is 0 Å². The van der Waals surface area contributed by atoms with E-state index >= 15 is 0 Å². The van der Waals surface area contributed by atoms with E-state index in [0.29, 0.717) is 0 Å². The molecule has 0 radical (unpaired) electrons. The first-order valence-electron chi connectivity index (χ1n) is 18.0. The van der Waals surface area contributed by atoms with Gasteiger partial charge >= 0.3 is 0 Å². The number of hydrogen-bond donors (Lipinski definition) is 4. The van der Waals surface area contributed by atoms with E-state index in [1.807, 2.05) is 208 Å². The van der Waals surface area contributed by atoms with Gasteiger partial charge in [-0.05, 0) is 52.4 Å². The maximum atomic E-state index is 9.35. The Morgan fingerprint density at radius 3 is 0.310 bits per heavy atom. The van der Waals surface area contributed by atoms with Gasteiger partial charge in [0.25, 0.3) is 0 Å². The number of hydrogen-bond acceptors (Lipinski definition) is 4. The smallest absolute Gasteiger partial charge is 0.0639 e. The second kappa shape index (κ2) is 97.1. The van der Waals surface area contributed by atoms with Gasteiger partial charge in [-0.2, -0.15) is 0 Å². The number of rotatable bonds is 0. The van der Waals surface area contributed by atoms with Gasteiger partial charge in [0.05, 0.1) is 11.2 Å². The van der Waals surface area contributed by atoms with Crippen LogP contribution in [0.5, 0.6) is 0 Å². The van der Waals surface area contributed by atoms with Crippen molar-refractivity contribution in [2.75, 3.05) is 13.2 Å². The lowest BCUT2D eigenvalue weighted by Gasteiger charge is -2.33. The van der Waals surface area contributed by atoms with Crippen LogP contribution in [0, 0.1) is 10.8 Å². The van der Waals surface area contributed by atoms with Gasteiger partial charge in [0.1, 0.15) is 0 Å². The molecule has 0 saturated carbocycles. The predicted octanol–water partition coefficient (Wildman–Crippen LogP) is 13.9. The molecule has 0 spiro atoms. The molecular formula is C38H104O4. The Bertz CT molecular complexity index is 175. The summed E-state index contributed by atoms with van der Waals surface area (Å²) < 4.78 is 0. The van der Waals surface area contributed by atoms with Crippen molar-refractivity contribution < 1.29 is 20.4 Å². The normalized spacial score (nSPS) is 7.71. The van der Waals surface area contributed by atoms with E-state index in [9.17, 15) is 10.2 Å².